The van der Waals surface area contributed by atoms with Crippen molar-refractivity contribution in [2.75, 3.05) is 24.7 Å². The third-order valence-corrected chi connectivity index (χ3v) is 2.91. The lowest BCUT2D eigenvalue weighted by Gasteiger charge is -2.03. The first kappa shape index (κ1) is 14.8. The maximum absolute atomic E-state index is 11.9. The number of unbranched alkanes of at least 4 members (excludes halogenated alkanes) is 1. The quantitative estimate of drug-likeness (QED) is 0.608. The molecule has 0 fully saturated rings. The highest BCUT2D eigenvalue weighted by Gasteiger charge is 2.24. The highest BCUT2D eigenvalue weighted by atomic mass is 16.5. The molecule has 0 aliphatic carbocycles. The van der Waals surface area contributed by atoms with Gasteiger partial charge in [-0.3, -0.25) is 0 Å². The highest BCUT2D eigenvalue weighted by molar-refractivity contribution is 5.99. The van der Waals surface area contributed by atoms with Crippen LogP contribution in [0.2, 0.25) is 0 Å². The van der Waals surface area contributed by atoms with Gasteiger partial charge >= 0.3 is 5.97 Å². The standard InChI is InChI=1S/C13H18N6O2/c1-3-4-7-15-12-10(13(20)21-2)11(14)19(18-12)9-6-5-8-16-17-9/h5-6,8H,3-4,7,14H2,1-2H3,(H,15,18). The van der Waals surface area contributed by atoms with Crippen LogP contribution in [0.3, 0.4) is 0 Å². The topological polar surface area (TPSA) is 108 Å². The number of hydrogen-bond donors (Lipinski definition) is 2. The molecule has 0 atom stereocenters. The summed E-state index contributed by atoms with van der Waals surface area (Å²) < 4.78 is 6.13. The van der Waals surface area contributed by atoms with Crippen molar-refractivity contribution in [1.82, 2.24) is 20.0 Å². The molecular weight excluding hydrogens is 272 g/mol. The van der Waals surface area contributed by atoms with Crippen LogP contribution in [0.5, 0.6) is 0 Å². The summed E-state index contributed by atoms with van der Waals surface area (Å²) >= 11 is 0. The number of methoxy groups -OCH3 is 1. The van der Waals surface area contributed by atoms with Crippen LogP contribution < -0.4 is 11.1 Å². The number of aromatic nitrogens is 4. The van der Waals surface area contributed by atoms with Crippen LogP contribution in [-0.4, -0.2) is 39.6 Å². The van der Waals surface area contributed by atoms with Gasteiger partial charge in [0.05, 0.1) is 7.11 Å². The van der Waals surface area contributed by atoms with Gasteiger partial charge in [0.15, 0.2) is 11.6 Å². The molecule has 0 saturated heterocycles. The van der Waals surface area contributed by atoms with Crippen molar-refractivity contribution < 1.29 is 9.53 Å². The molecule has 0 spiro atoms. The average molecular weight is 290 g/mol. The minimum atomic E-state index is -0.540. The lowest BCUT2D eigenvalue weighted by molar-refractivity contribution is 0.0603. The first-order valence-corrected chi connectivity index (χ1v) is 6.67. The van der Waals surface area contributed by atoms with Crippen molar-refractivity contribution in [3.05, 3.63) is 23.9 Å². The molecule has 8 nitrogen and oxygen atoms in total. The Morgan fingerprint density at radius 1 is 1.52 bits per heavy atom. The molecular formula is C13H18N6O2. The van der Waals surface area contributed by atoms with Gasteiger partial charge in [-0.25, -0.2) is 4.79 Å². The number of rotatable bonds is 6. The summed E-state index contributed by atoms with van der Waals surface area (Å²) in [4.78, 5) is 11.9. The lowest BCUT2D eigenvalue weighted by Crippen LogP contribution is -2.10. The van der Waals surface area contributed by atoms with Crippen molar-refractivity contribution in [1.29, 1.82) is 0 Å². The predicted octanol–water partition coefficient (Wildman–Crippen LogP) is 1.24. The molecule has 0 radical (unpaired) electrons. The number of ether oxygens (including phenoxy) is 1. The van der Waals surface area contributed by atoms with Crippen molar-refractivity contribution in [2.24, 2.45) is 0 Å². The molecule has 0 aliphatic rings. The first-order chi connectivity index (χ1) is 10.2. The van der Waals surface area contributed by atoms with Gasteiger partial charge in [0.1, 0.15) is 11.4 Å². The van der Waals surface area contributed by atoms with Crippen LogP contribution in [0, 0.1) is 0 Å². The summed E-state index contributed by atoms with van der Waals surface area (Å²) in [5.74, 6) is 0.449. The molecule has 0 saturated carbocycles. The third kappa shape index (κ3) is 3.10. The van der Waals surface area contributed by atoms with Crippen LogP contribution in [0.1, 0.15) is 30.1 Å². The number of nitrogens with one attached hydrogen (secondary N) is 1. The van der Waals surface area contributed by atoms with E-state index in [2.05, 4.69) is 27.5 Å². The van der Waals surface area contributed by atoms with Crippen molar-refractivity contribution in [2.45, 2.75) is 19.8 Å². The Balaban J connectivity index is 2.41. The van der Waals surface area contributed by atoms with Gasteiger partial charge in [0.25, 0.3) is 0 Å². The van der Waals surface area contributed by atoms with E-state index in [1.807, 2.05) is 0 Å². The van der Waals surface area contributed by atoms with Crippen LogP contribution in [0.25, 0.3) is 5.82 Å². The Bertz CT molecular complexity index is 611. The van der Waals surface area contributed by atoms with Crippen molar-refractivity contribution in [3.8, 4) is 5.82 Å². The maximum atomic E-state index is 11.9. The molecule has 3 N–H and O–H groups in total. The Morgan fingerprint density at radius 2 is 2.33 bits per heavy atom. The molecule has 0 unspecified atom stereocenters. The van der Waals surface area contributed by atoms with E-state index in [9.17, 15) is 4.79 Å². The largest absolute Gasteiger partial charge is 0.465 e. The summed E-state index contributed by atoms with van der Waals surface area (Å²) in [6, 6.07) is 3.42. The second-order valence-corrected chi connectivity index (χ2v) is 4.37. The number of esters is 1. The predicted molar refractivity (Wildman–Crippen MR) is 78.3 cm³/mol. The summed E-state index contributed by atoms with van der Waals surface area (Å²) in [5.41, 5.74) is 6.22. The third-order valence-electron chi connectivity index (χ3n) is 2.91. The zero-order valence-electron chi connectivity index (χ0n) is 12.0. The number of nitrogen functional groups attached to an aromatic ring is 1. The van der Waals surface area contributed by atoms with E-state index in [-0.39, 0.29) is 11.4 Å². The van der Waals surface area contributed by atoms with E-state index in [1.165, 1.54) is 11.8 Å². The number of carbonyl (C=O) groups excluding carboxylic acids is 1. The maximum Gasteiger partial charge on any atom is 0.345 e. The summed E-state index contributed by atoms with van der Waals surface area (Å²) in [5, 5.41) is 15.1. The molecule has 0 amide bonds. The van der Waals surface area contributed by atoms with Gasteiger partial charge in [-0.1, -0.05) is 13.3 Å². The zero-order valence-corrected chi connectivity index (χ0v) is 12.0. The number of nitrogens with two attached hydrogens (primary N) is 1. The molecule has 0 aromatic carbocycles. The summed E-state index contributed by atoms with van der Waals surface area (Å²) in [7, 11) is 1.30. The average Bonchev–Trinajstić information content (AvgIpc) is 2.84. The Labute approximate surface area is 122 Å². The second-order valence-electron chi connectivity index (χ2n) is 4.37. The van der Waals surface area contributed by atoms with Gasteiger partial charge < -0.3 is 15.8 Å². The molecule has 2 heterocycles. The lowest BCUT2D eigenvalue weighted by atomic mass is 10.3. The normalized spacial score (nSPS) is 10.4. The fraction of sp³-hybridized carbons (Fsp3) is 0.385. The van der Waals surface area contributed by atoms with Crippen LogP contribution in [0.15, 0.2) is 18.3 Å². The zero-order chi connectivity index (χ0) is 15.2. The number of carbonyl (C=O) groups is 1. The van der Waals surface area contributed by atoms with Gasteiger partial charge in [-0.15, -0.1) is 10.2 Å². The molecule has 0 bridgehead atoms. The monoisotopic (exact) mass is 290 g/mol. The van der Waals surface area contributed by atoms with Gasteiger partial charge in [-0.05, 0) is 18.6 Å². The molecule has 8 heteroatoms. The Hall–Kier alpha value is -2.64. The van der Waals surface area contributed by atoms with Gasteiger partial charge in [-0.2, -0.15) is 9.78 Å². The summed E-state index contributed by atoms with van der Waals surface area (Å²) in [6.07, 6.45) is 3.53. The van der Waals surface area contributed by atoms with E-state index >= 15 is 0 Å². The van der Waals surface area contributed by atoms with E-state index in [4.69, 9.17) is 10.5 Å². The van der Waals surface area contributed by atoms with E-state index in [1.54, 1.807) is 18.3 Å². The van der Waals surface area contributed by atoms with Gasteiger partial charge in [0, 0.05) is 12.7 Å². The molecule has 112 valence electrons. The van der Waals surface area contributed by atoms with Crippen molar-refractivity contribution in [3.63, 3.8) is 0 Å². The Kier molecular flexibility index (Phi) is 4.70. The second kappa shape index (κ2) is 6.69. The smallest absolute Gasteiger partial charge is 0.345 e. The van der Waals surface area contributed by atoms with Crippen molar-refractivity contribution >= 4 is 17.6 Å². The number of anilines is 2. The van der Waals surface area contributed by atoms with Crippen LogP contribution >= 0.6 is 0 Å². The number of nitrogens with zero attached hydrogens (tertiary/aromatic N) is 4. The van der Waals surface area contributed by atoms with Crippen LogP contribution in [0.4, 0.5) is 11.6 Å². The molecule has 0 aliphatic heterocycles. The number of hydrogen-bond acceptors (Lipinski definition) is 7. The fourth-order valence-corrected chi connectivity index (χ4v) is 1.82. The Morgan fingerprint density at radius 3 is 2.95 bits per heavy atom. The minimum absolute atomic E-state index is 0.168. The highest BCUT2D eigenvalue weighted by Crippen LogP contribution is 2.24. The summed E-state index contributed by atoms with van der Waals surface area (Å²) in [6.45, 7) is 2.77. The molecule has 2 aromatic rings. The van der Waals surface area contributed by atoms with E-state index in [0.29, 0.717) is 18.2 Å². The molecule has 21 heavy (non-hydrogen) atoms. The van der Waals surface area contributed by atoms with Crippen LogP contribution in [-0.2, 0) is 4.74 Å². The first-order valence-electron chi connectivity index (χ1n) is 6.67. The molecule has 2 rings (SSSR count). The SMILES string of the molecule is CCCCNc1nn(-c2cccnn2)c(N)c1C(=O)OC. The fourth-order valence-electron chi connectivity index (χ4n) is 1.82. The molecule has 2 aromatic heterocycles. The van der Waals surface area contributed by atoms with E-state index < -0.39 is 5.97 Å². The van der Waals surface area contributed by atoms with Gasteiger partial charge in [0.2, 0.25) is 0 Å². The minimum Gasteiger partial charge on any atom is -0.465 e. The van der Waals surface area contributed by atoms with E-state index in [0.717, 1.165) is 12.8 Å².